The lowest BCUT2D eigenvalue weighted by molar-refractivity contribution is 0.382. The lowest BCUT2D eigenvalue weighted by Gasteiger charge is -2.27. The zero-order chi connectivity index (χ0) is 12.4. The Hall–Kier alpha value is -1.20. The minimum Gasteiger partial charge on any atom is -0.328 e. The van der Waals surface area contributed by atoms with E-state index in [0.717, 1.165) is 25.7 Å². The van der Waals surface area contributed by atoms with Crippen LogP contribution in [-0.2, 0) is 0 Å². The molecular weight excluding hydrogens is 238 g/mol. The molecule has 5 nitrogen and oxygen atoms in total. The zero-order valence-electron chi connectivity index (χ0n) is 9.49. The van der Waals surface area contributed by atoms with E-state index >= 15 is 0 Å². The van der Waals surface area contributed by atoms with Gasteiger partial charge in [-0.1, -0.05) is 18.0 Å². The Morgan fingerprint density at radius 3 is 3.00 bits per heavy atom. The topological polar surface area (TPSA) is 91.5 Å². The molecule has 17 heavy (non-hydrogen) atoms. The maximum absolute atomic E-state index is 8.15. The van der Waals surface area contributed by atoms with E-state index < -0.39 is 0 Å². The fourth-order valence-corrected chi connectivity index (χ4v) is 2.42. The minimum absolute atomic E-state index is 0.0679. The first-order valence-corrected chi connectivity index (χ1v) is 6.09. The molecule has 2 atom stereocenters. The molecule has 4 N–H and O–H groups in total. The summed E-state index contributed by atoms with van der Waals surface area (Å²) in [5, 5.41) is 16.1. The molecule has 0 aromatic carbocycles. The van der Waals surface area contributed by atoms with Crippen molar-refractivity contribution in [3.05, 3.63) is 23.0 Å². The maximum Gasteiger partial charge on any atom is 0.171 e. The van der Waals surface area contributed by atoms with E-state index in [1.807, 2.05) is 0 Å². The molecule has 1 aromatic rings. The molecule has 0 radical (unpaired) electrons. The van der Waals surface area contributed by atoms with E-state index in [4.69, 9.17) is 28.2 Å². The largest absolute Gasteiger partial charge is 0.328 e. The van der Waals surface area contributed by atoms with Crippen molar-refractivity contribution in [3.8, 4) is 0 Å². The van der Waals surface area contributed by atoms with E-state index in [9.17, 15) is 0 Å². The first-order chi connectivity index (χ1) is 8.09. The standard InChI is InChI=1S/C11H16ClN5/c12-9-11(15)17(5-4-16-9)10(14)7-2-1-3-8(13)6-7/h4-5,7-8,14-15H,1-3,6,13H2/t7-,8+/m0/s1. The average molecular weight is 254 g/mol. The third kappa shape index (κ3) is 2.56. The van der Waals surface area contributed by atoms with Crippen LogP contribution in [-0.4, -0.2) is 21.4 Å². The molecule has 0 spiro atoms. The second-order valence-corrected chi connectivity index (χ2v) is 4.80. The second-order valence-electron chi connectivity index (χ2n) is 4.45. The monoisotopic (exact) mass is 253 g/mol. The first kappa shape index (κ1) is 12.3. The molecule has 1 aliphatic rings. The van der Waals surface area contributed by atoms with Crippen molar-refractivity contribution in [3.63, 3.8) is 0 Å². The Kier molecular flexibility index (Phi) is 3.59. The maximum atomic E-state index is 8.15. The molecule has 92 valence electrons. The van der Waals surface area contributed by atoms with Crippen molar-refractivity contribution in [2.24, 2.45) is 11.7 Å². The van der Waals surface area contributed by atoms with Crippen LogP contribution in [0.15, 0.2) is 12.4 Å². The van der Waals surface area contributed by atoms with Gasteiger partial charge in [-0.25, -0.2) is 4.98 Å². The van der Waals surface area contributed by atoms with Gasteiger partial charge in [0.2, 0.25) is 0 Å². The fraction of sp³-hybridized carbons (Fsp3) is 0.545. The van der Waals surface area contributed by atoms with Crippen molar-refractivity contribution < 1.29 is 0 Å². The van der Waals surface area contributed by atoms with Crippen LogP contribution < -0.4 is 11.2 Å². The van der Waals surface area contributed by atoms with Gasteiger partial charge in [-0.05, 0) is 19.3 Å². The van der Waals surface area contributed by atoms with Gasteiger partial charge < -0.3 is 5.73 Å². The molecule has 0 aliphatic heterocycles. The third-order valence-corrected chi connectivity index (χ3v) is 3.48. The van der Waals surface area contributed by atoms with E-state index in [1.165, 1.54) is 10.8 Å². The van der Waals surface area contributed by atoms with Crippen LogP contribution in [0.4, 0.5) is 0 Å². The van der Waals surface area contributed by atoms with Crippen molar-refractivity contribution >= 4 is 17.4 Å². The van der Waals surface area contributed by atoms with E-state index in [2.05, 4.69) is 4.98 Å². The molecule has 1 fully saturated rings. The van der Waals surface area contributed by atoms with Crippen molar-refractivity contribution in [2.75, 3.05) is 0 Å². The number of rotatable bonds is 1. The fourth-order valence-electron chi connectivity index (χ4n) is 2.27. The highest BCUT2D eigenvalue weighted by Crippen LogP contribution is 2.24. The molecule has 1 aliphatic carbocycles. The quantitative estimate of drug-likeness (QED) is 0.521. The van der Waals surface area contributed by atoms with Gasteiger partial charge in [-0.3, -0.25) is 15.4 Å². The van der Waals surface area contributed by atoms with Gasteiger partial charge >= 0.3 is 0 Å². The molecule has 0 amide bonds. The van der Waals surface area contributed by atoms with Crippen LogP contribution in [0.3, 0.4) is 0 Å². The van der Waals surface area contributed by atoms with Gasteiger partial charge in [0.1, 0.15) is 5.84 Å². The third-order valence-electron chi connectivity index (χ3n) is 3.20. The normalized spacial score (nSPS) is 24.6. The second kappa shape index (κ2) is 4.98. The van der Waals surface area contributed by atoms with Gasteiger partial charge in [-0.15, -0.1) is 0 Å². The summed E-state index contributed by atoms with van der Waals surface area (Å²) in [6, 6.07) is 0.168. The van der Waals surface area contributed by atoms with Gasteiger partial charge in [0.05, 0.1) is 0 Å². The van der Waals surface area contributed by atoms with Gasteiger partial charge in [0.25, 0.3) is 0 Å². The van der Waals surface area contributed by atoms with Crippen LogP contribution in [0, 0.1) is 16.7 Å². The molecule has 1 heterocycles. The van der Waals surface area contributed by atoms with E-state index in [1.54, 1.807) is 6.20 Å². The molecule has 1 saturated carbocycles. The highest BCUT2D eigenvalue weighted by molar-refractivity contribution is 6.29. The van der Waals surface area contributed by atoms with Crippen LogP contribution in [0.25, 0.3) is 0 Å². The predicted molar refractivity (Wildman–Crippen MR) is 66.1 cm³/mol. The summed E-state index contributed by atoms with van der Waals surface area (Å²) in [5.41, 5.74) is 5.99. The molecule has 0 bridgehead atoms. The summed E-state index contributed by atoms with van der Waals surface area (Å²) < 4.78 is 1.48. The van der Waals surface area contributed by atoms with E-state index in [-0.39, 0.29) is 22.6 Å². The molecule has 2 rings (SSSR count). The van der Waals surface area contributed by atoms with Crippen molar-refractivity contribution in [1.29, 1.82) is 10.8 Å². The Morgan fingerprint density at radius 2 is 2.29 bits per heavy atom. The molecule has 6 heteroatoms. The summed E-state index contributed by atoms with van der Waals surface area (Å²) in [5.74, 6) is 0.515. The lowest BCUT2D eigenvalue weighted by atomic mass is 9.85. The lowest BCUT2D eigenvalue weighted by Crippen LogP contribution is -2.37. The van der Waals surface area contributed by atoms with Gasteiger partial charge in [0, 0.05) is 24.4 Å². The minimum atomic E-state index is 0.0679. The number of nitrogens with one attached hydrogen (secondary N) is 2. The molecule has 0 unspecified atom stereocenters. The number of nitrogens with two attached hydrogens (primary N) is 1. The Labute approximate surface area is 105 Å². The van der Waals surface area contributed by atoms with Gasteiger partial charge in [-0.2, -0.15) is 0 Å². The predicted octanol–water partition coefficient (Wildman–Crippen LogP) is 1.36. The Bertz CT molecular complexity index is 481. The smallest absolute Gasteiger partial charge is 0.171 e. The Morgan fingerprint density at radius 1 is 1.53 bits per heavy atom. The zero-order valence-corrected chi connectivity index (χ0v) is 10.2. The highest BCUT2D eigenvalue weighted by atomic mass is 35.5. The molecule has 1 aromatic heterocycles. The summed E-state index contributed by atoms with van der Waals surface area (Å²) in [6.07, 6.45) is 6.96. The van der Waals surface area contributed by atoms with Crippen molar-refractivity contribution in [1.82, 2.24) is 9.55 Å². The SMILES string of the molecule is N=C([C@H]1CCC[C@@H](N)C1)n1ccnc(Cl)c1=N. The van der Waals surface area contributed by atoms with Crippen molar-refractivity contribution in [2.45, 2.75) is 31.7 Å². The van der Waals surface area contributed by atoms with E-state index in [0.29, 0.717) is 5.84 Å². The molecule has 0 saturated heterocycles. The number of hydrogen-bond acceptors (Lipinski definition) is 4. The number of nitrogens with zero attached hydrogens (tertiary/aromatic N) is 2. The van der Waals surface area contributed by atoms with Gasteiger partial charge in [0.15, 0.2) is 10.6 Å². The number of aromatic nitrogens is 2. The summed E-state index contributed by atoms with van der Waals surface area (Å²) in [4.78, 5) is 3.82. The van der Waals surface area contributed by atoms with Crippen LogP contribution in [0.2, 0.25) is 5.15 Å². The van der Waals surface area contributed by atoms with Crippen LogP contribution in [0.5, 0.6) is 0 Å². The highest BCUT2D eigenvalue weighted by Gasteiger charge is 2.24. The van der Waals surface area contributed by atoms with Crippen LogP contribution in [0.1, 0.15) is 25.7 Å². The molecular formula is C11H16ClN5. The summed E-state index contributed by atoms with van der Waals surface area (Å²) in [7, 11) is 0. The first-order valence-electron chi connectivity index (χ1n) is 5.71. The van der Waals surface area contributed by atoms with Crippen LogP contribution >= 0.6 is 11.6 Å². The number of hydrogen-bond donors (Lipinski definition) is 3. The summed E-state index contributed by atoms with van der Waals surface area (Å²) in [6.45, 7) is 0. The average Bonchev–Trinajstić information content (AvgIpc) is 2.32. The number of halogens is 1. The summed E-state index contributed by atoms with van der Waals surface area (Å²) >= 11 is 5.78. The Balaban J connectivity index is 2.25.